The summed E-state index contributed by atoms with van der Waals surface area (Å²) in [4.78, 5) is 13.6. The molecule has 0 unspecified atom stereocenters. The molecule has 1 aromatic rings. The second kappa shape index (κ2) is 5.41. The number of amides is 1. The van der Waals surface area contributed by atoms with Gasteiger partial charge in [0.15, 0.2) is 0 Å². The van der Waals surface area contributed by atoms with Gasteiger partial charge in [0.05, 0.1) is 5.69 Å². The lowest BCUT2D eigenvalue weighted by molar-refractivity contribution is 0.0951. The zero-order valence-electron chi connectivity index (χ0n) is 11.6. The first-order valence-electron chi connectivity index (χ1n) is 6.41. The van der Waals surface area contributed by atoms with Crippen molar-refractivity contribution in [2.75, 3.05) is 25.5 Å². The SMILES string of the molecule is CN(C)c1ccc(C(=O)NCC2CC2)cc1S(N)(=O)=O. The van der Waals surface area contributed by atoms with Crippen LogP contribution in [0.2, 0.25) is 0 Å². The Balaban J connectivity index is 2.28. The molecular weight excluding hydrogens is 278 g/mol. The Hall–Kier alpha value is -1.60. The van der Waals surface area contributed by atoms with E-state index in [2.05, 4.69) is 5.32 Å². The molecule has 3 N–H and O–H groups in total. The zero-order valence-corrected chi connectivity index (χ0v) is 12.4. The van der Waals surface area contributed by atoms with Crippen molar-refractivity contribution in [1.29, 1.82) is 0 Å². The van der Waals surface area contributed by atoms with E-state index in [9.17, 15) is 13.2 Å². The highest BCUT2D eigenvalue weighted by Crippen LogP contribution is 2.28. The maximum Gasteiger partial charge on any atom is 0.251 e. The molecule has 1 aromatic carbocycles. The van der Waals surface area contributed by atoms with Crippen molar-refractivity contribution in [1.82, 2.24) is 5.32 Å². The molecule has 6 nitrogen and oxygen atoms in total. The smallest absolute Gasteiger partial charge is 0.251 e. The van der Waals surface area contributed by atoms with Crippen LogP contribution in [0, 0.1) is 5.92 Å². The Morgan fingerprint density at radius 2 is 2.05 bits per heavy atom. The molecule has 1 amide bonds. The summed E-state index contributed by atoms with van der Waals surface area (Å²) in [6, 6.07) is 4.52. The number of anilines is 1. The minimum atomic E-state index is -3.88. The van der Waals surface area contributed by atoms with Crippen LogP contribution in [-0.2, 0) is 10.0 Å². The quantitative estimate of drug-likeness (QED) is 0.829. The fourth-order valence-corrected chi connectivity index (χ4v) is 2.75. The lowest BCUT2D eigenvalue weighted by Crippen LogP contribution is -2.26. The van der Waals surface area contributed by atoms with Gasteiger partial charge >= 0.3 is 0 Å². The molecule has 0 saturated heterocycles. The maximum atomic E-state index is 12.0. The van der Waals surface area contributed by atoms with Crippen LogP contribution in [-0.4, -0.2) is 35.0 Å². The third-order valence-electron chi connectivity index (χ3n) is 3.26. The molecular formula is C13H19N3O3S. The zero-order chi connectivity index (χ0) is 14.9. The Kier molecular flexibility index (Phi) is 4.01. The number of carbonyl (C=O) groups excluding carboxylic acids is 1. The fraction of sp³-hybridized carbons (Fsp3) is 0.462. The van der Waals surface area contributed by atoms with Crippen molar-refractivity contribution in [3.63, 3.8) is 0 Å². The van der Waals surface area contributed by atoms with Crippen LogP contribution in [0.5, 0.6) is 0 Å². The van der Waals surface area contributed by atoms with Crippen molar-refractivity contribution in [3.05, 3.63) is 23.8 Å². The van der Waals surface area contributed by atoms with Crippen LogP contribution in [0.15, 0.2) is 23.1 Å². The minimum Gasteiger partial charge on any atom is -0.377 e. The van der Waals surface area contributed by atoms with Crippen LogP contribution in [0.4, 0.5) is 5.69 Å². The second-order valence-corrected chi connectivity index (χ2v) is 6.81. The second-order valence-electron chi connectivity index (χ2n) is 5.28. The molecule has 0 radical (unpaired) electrons. The highest BCUT2D eigenvalue weighted by molar-refractivity contribution is 7.89. The number of carbonyl (C=O) groups is 1. The van der Waals surface area contributed by atoms with Crippen LogP contribution in [0.1, 0.15) is 23.2 Å². The summed E-state index contributed by atoms with van der Waals surface area (Å²) in [5.41, 5.74) is 0.770. The number of nitrogens with two attached hydrogens (primary N) is 1. The molecule has 20 heavy (non-hydrogen) atoms. The number of primary sulfonamides is 1. The standard InChI is InChI=1S/C13H19N3O3S/c1-16(2)11-6-5-10(7-12(11)20(14,18)19)13(17)15-8-9-3-4-9/h5-7,9H,3-4,8H2,1-2H3,(H,15,17)(H2,14,18,19). The first-order valence-corrected chi connectivity index (χ1v) is 7.96. The first kappa shape index (κ1) is 14.8. The Bertz CT molecular complexity index is 622. The molecule has 0 spiro atoms. The number of hydrogen-bond donors (Lipinski definition) is 2. The summed E-state index contributed by atoms with van der Waals surface area (Å²) < 4.78 is 23.3. The van der Waals surface area contributed by atoms with E-state index in [1.54, 1.807) is 31.1 Å². The highest BCUT2D eigenvalue weighted by Gasteiger charge is 2.23. The molecule has 1 aliphatic rings. The largest absolute Gasteiger partial charge is 0.377 e. The molecule has 0 heterocycles. The fourth-order valence-electron chi connectivity index (χ4n) is 1.91. The molecule has 1 saturated carbocycles. The predicted octanol–water partition coefficient (Wildman–Crippen LogP) is 0.540. The van der Waals surface area contributed by atoms with Gasteiger partial charge in [0.2, 0.25) is 10.0 Å². The molecule has 0 aromatic heterocycles. The van der Waals surface area contributed by atoms with E-state index >= 15 is 0 Å². The van der Waals surface area contributed by atoms with E-state index in [0.29, 0.717) is 23.7 Å². The number of rotatable bonds is 5. The number of hydrogen-bond acceptors (Lipinski definition) is 4. The molecule has 110 valence electrons. The Morgan fingerprint density at radius 1 is 1.40 bits per heavy atom. The lowest BCUT2D eigenvalue weighted by atomic mass is 10.2. The molecule has 0 atom stereocenters. The third kappa shape index (κ3) is 3.49. The van der Waals surface area contributed by atoms with Crippen molar-refractivity contribution in [3.8, 4) is 0 Å². The van der Waals surface area contributed by atoms with Gasteiger partial charge in [0, 0.05) is 26.2 Å². The van der Waals surface area contributed by atoms with Gasteiger partial charge in [-0.05, 0) is 37.0 Å². The van der Waals surface area contributed by atoms with Gasteiger partial charge in [-0.2, -0.15) is 0 Å². The van der Waals surface area contributed by atoms with E-state index in [4.69, 9.17) is 5.14 Å². The van der Waals surface area contributed by atoms with Gasteiger partial charge in [-0.1, -0.05) is 0 Å². The molecule has 0 aliphatic heterocycles. The Morgan fingerprint density at radius 3 is 2.55 bits per heavy atom. The lowest BCUT2D eigenvalue weighted by Gasteiger charge is -2.17. The van der Waals surface area contributed by atoms with Gasteiger partial charge < -0.3 is 10.2 Å². The third-order valence-corrected chi connectivity index (χ3v) is 4.20. The normalized spacial score (nSPS) is 14.9. The summed E-state index contributed by atoms with van der Waals surface area (Å²) in [5, 5.41) is 8.01. The van der Waals surface area contributed by atoms with Crippen LogP contribution in [0.3, 0.4) is 0 Å². The molecule has 7 heteroatoms. The average molecular weight is 297 g/mol. The van der Waals surface area contributed by atoms with E-state index in [-0.39, 0.29) is 10.8 Å². The molecule has 1 fully saturated rings. The highest BCUT2D eigenvalue weighted by atomic mass is 32.2. The number of sulfonamides is 1. The number of benzene rings is 1. The molecule has 0 bridgehead atoms. The van der Waals surface area contributed by atoms with Crippen LogP contribution in [0.25, 0.3) is 0 Å². The van der Waals surface area contributed by atoms with Crippen molar-refractivity contribution in [2.45, 2.75) is 17.7 Å². The first-order chi connectivity index (χ1) is 9.29. The van der Waals surface area contributed by atoms with Gasteiger partial charge in [-0.15, -0.1) is 0 Å². The number of nitrogens with one attached hydrogen (secondary N) is 1. The van der Waals surface area contributed by atoms with E-state index in [1.807, 2.05) is 0 Å². The van der Waals surface area contributed by atoms with Crippen LogP contribution >= 0.6 is 0 Å². The van der Waals surface area contributed by atoms with Gasteiger partial charge in [-0.3, -0.25) is 4.79 Å². The van der Waals surface area contributed by atoms with E-state index in [1.165, 1.54) is 6.07 Å². The molecule has 1 aliphatic carbocycles. The van der Waals surface area contributed by atoms with Crippen molar-refractivity contribution >= 4 is 21.6 Å². The topological polar surface area (TPSA) is 92.5 Å². The minimum absolute atomic E-state index is 0.0402. The molecule has 2 rings (SSSR count). The Labute approximate surface area is 119 Å². The summed E-state index contributed by atoms with van der Waals surface area (Å²) in [5.74, 6) is 0.296. The van der Waals surface area contributed by atoms with Gasteiger partial charge in [0.25, 0.3) is 5.91 Å². The monoisotopic (exact) mass is 297 g/mol. The summed E-state index contributed by atoms with van der Waals surface area (Å²) in [7, 11) is -0.437. The van der Waals surface area contributed by atoms with Gasteiger partial charge in [-0.25, -0.2) is 13.6 Å². The summed E-state index contributed by atoms with van der Waals surface area (Å²) in [6.07, 6.45) is 2.28. The maximum absolute atomic E-state index is 12.0. The van der Waals surface area contributed by atoms with Crippen molar-refractivity contribution in [2.24, 2.45) is 11.1 Å². The summed E-state index contributed by atoms with van der Waals surface area (Å²) in [6.45, 7) is 0.638. The summed E-state index contributed by atoms with van der Waals surface area (Å²) >= 11 is 0. The van der Waals surface area contributed by atoms with E-state index < -0.39 is 10.0 Å². The average Bonchev–Trinajstić information content (AvgIpc) is 3.18. The predicted molar refractivity (Wildman–Crippen MR) is 77.2 cm³/mol. The van der Waals surface area contributed by atoms with Crippen molar-refractivity contribution < 1.29 is 13.2 Å². The van der Waals surface area contributed by atoms with E-state index in [0.717, 1.165) is 12.8 Å². The van der Waals surface area contributed by atoms with Gasteiger partial charge in [0.1, 0.15) is 4.90 Å². The number of nitrogens with zero attached hydrogens (tertiary/aromatic N) is 1. The van der Waals surface area contributed by atoms with Crippen LogP contribution < -0.4 is 15.4 Å².